The Bertz CT molecular complexity index is 714. The number of hydrogen-bond acceptors (Lipinski definition) is 4. The number of carbonyl (C=O) groups excluding carboxylic acids is 1. The summed E-state index contributed by atoms with van der Waals surface area (Å²) in [5.41, 5.74) is 2.24. The number of nitrogens with one attached hydrogen (secondary N) is 1. The first-order chi connectivity index (χ1) is 12.4. The van der Waals surface area contributed by atoms with E-state index in [2.05, 4.69) is 53.0 Å². The molecule has 0 aliphatic carbocycles. The van der Waals surface area contributed by atoms with Crippen LogP contribution >= 0.6 is 0 Å². The van der Waals surface area contributed by atoms with Crippen LogP contribution in [0.4, 0.5) is 11.5 Å². The fourth-order valence-corrected chi connectivity index (χ4v) is 3.13. The first-order valence-electron chi connectivity index (χ1n) is 9.20. The molecule has 1 fully saturated rings. The van der Waals surface area contributed by atoms with Gasteiger partial charge in [0.2, 0.25) is 5.91 Å². The molecule has 0 unspecified atom stereocenters. The molecule has 2 aromatic rings. The van der Waals surface area contributed by atoms with Gasteiger partial charge in [-0.25, -0.2) is 4.98 Å². The number of pyridine rings is 1. The van der Waals surface area contributed by atoms with Crippen LogP contribution in [-0.2, 0) is 10.2 Å². The molecule has 1 saturated heterocycles. The maximum absolute atomic E-state index is 12.3. The molecule has 1 N–H and O–H groups in total. The monoisotopic (exact) mass is 352 g/mol. The van der Waals surface area contributed by atoms with Crippen molar-refractivity contribution in [3.8, 4) is 0 Å². The summed E-state index contributed by atoms with van der Waals surface area (Å²) in [6.07, 6.45) is 1.82. The fourth-order valence-electron chi connectivity index (χ4n) is 3.13. The van der Waals surface area contributed by atoms with Crippen molar-refractivity contribution in [3.05, 3.63) is 54.2 Å². The average molecular weight is 352 g/mol. The van der Waals surface area contributed by atoms with Crippen LogP contribution in [0, 0.1) is 0 Å². The summed E-state index contributed by atoms with van der Waals surface area (Å²) in [6.45, 7) is 10.5. The van der Waals surface area contributed by atoms with E-state index in [1.807, 2.05) is 36.5 Å². The van der Waals surface area contributed by atoms with E-state index in [0.29, 0.717) is 6.54 Å². The largest absolute Gasteiger partial charge is 0.354 e. The summed E-state index contributed by atoms with van der Waals surface area (Å²) in [4.78, 5) is 21.2. The molecule has 1 aliphatic rings. The molecule has 1 aromatic carbocycles. The summed E-state index contributed by atoms with van der Waals surface area (Å²) in [6, 6.07) is 14.1. The van der Waals surface area contributed by atoms with Crippen LogP contribution in [0.15, 0.2) is 48.7 Å². The van der Waals surface area contributed by atoms with Crippen LogP contribution in [0.5, 0.6) is 0 Å². The molecule has 0 radical (unpaired) electrons. The number of piperazine rings is 1. The summed E-state index contributed by atoms with van der Waals surface area (Å²) in [5, 5.41) is 3.00. The minimum absolute atomic E-state index is 0.0415. The van der Waals surface area contributed by atoms with Crippen LogP contribution in [0.1, 0.15) is 26.3 Å². The number of aromatic nitrogens is 1. The van der Waals surface area contributed by atoms with Crippen LogP contribution in [0.25, 0.3) is 0 Å². The molecule has 1 amide bonds. The maximum atomic E-state index is 12.3. The molecule has 2 heterocycles. The standard InChI is InChI=1S/C21H28N4O/c1-21(2,3)17-7-9-18(10-8-17)23-20(26)16-24-12-14-25(15-13-24)19-6-4-5-11-22-19/h4-11H,12-16H2,1-3H3,(H,23,26). The predicted molar refractivity (Wildman–Crippen MR) is 107 cm³/mol. The van der Waals surface area contributed by atoms with Crippen molar-refractivity contribution in [2.75, 3.05) is 42.9 Å². The Kier molecular flexibility index (Phi) is 5.57. The van der Waals surface area contributed by atoms with E-state index < -0.39 is 0 Å². The van der Waals surface area contributed by atoms with Gasteiger partial charge in [0.05, 0.1) is 6.54 Å². The lowest BCUT2D eigenvalue weighted by Gasteiger charge is -2.34. The van der Waals surface area contributed by atoms with Crippen molar-refractivity contribution >= 4 is 17.4 Å². The molecule has 1 aliphatic heterocycles. The van der Waals surface area contributed by atoms with E-state index >= 15 is 0 Å². The Labute approximate surface area is 156 Å². The normalized spacial score (nSPS) is 15.7. The van der Waals surface area contributed by atoms with Gasteiger partial charge < -0.3 is 10.2 Å². The number of amides is 1. The van der Waals surface area contributed by atoms with Gasteiger partial charge in [0.25, 0.3) is 0 Å². The molecular weight excluding hydrogens is 324 g/mol. The first-order valence-corrected chi connectivity index (χ1v) is 9.20. The number of rotatable bonds is 4. The molecule has 0 bridgehead atoms. The summed E-state index contributed by atoms with van der Waals surface area (Å²) in [7, 11) is 0. The number of nitrogens with zero attached hydrogens (tertiary/aromatic N) is 3. The van der Waals surface area contributed by atoms with Crippen LogP contribution in [-0.4, -0.2) is 48.5 Å². The lowest BCUT2D eigenvalue weighted by Crippen LogP contribution is -2.48. The topological polar surface area (TPSA) is 48.5 Å². The minimum Gasteiger partial charge on any atom is -0.354 e. The predicted octanol–water partition coefficient (Wildman–Crippen LogP) is 3.14. The smallest absolute Gasteiger partial charge is 0.238 e. The number of benzene rings is 1. The van der Waals surface area contributed by atoms with E-state index in [9.17, 15) is 4.79 Å². The van der Waals surface area contributed by atoms with Gasteiger partial charge in [-0.15, -0.1) is 0 Å². The van der Waals surface area contributed by atoms with Gasteiger partial charge >= 0.3 is 0 Å². The molecule has 0 spiro atoms. The van der Waals surface area contributed by atoms with Gasteiger partial charge in [-0.05, 0) is 35.2 Å². The highest BCUT2D eigenvalue weighted by Crippen LogP contribution is 2.23. The van der Waals surface area contributed by atoms with Gasteiger partial charge in [0.15, 0.2) is 0 Å². The Morgan fingerprint density at radius 2 is 1.73 bits per heavy atom. The highest BCUT2D eigenvalue weighted by Gasteiger charge is 2.20. The van der Waals surface area contributed by atoms with Crippen molar-refractivity contribution in [1.29, 1.82) is 0 Å². The van der Waals surface area contributed by atoms with Gasteiger partial charge in [-0.2, -0.15) is 0 Å². The maximum Gasteiger partial charge on any atom is 0.238 e. The van der Waals surface area contributed by atoms with E-state index in [4.69, 9.17) is 0 Å². The highest BCUT2D eigenvalue weighted by atomic mass is 16.2. The van der Waals surface area contributed by atoms with E-state index in [1.54, 1.807) is 0 Å². The van der Waals surface area contributed by atoms with Gasteiger partial charge in [-0.1, -0.05) is 39.0 Å². The van der Waals surface area contributed by atoms with Crippen molar-refractivity contribution in [2.24, 2.45) is 0 Å². The quantitative estimate of drug-likeness (QED) is 0.918. The van der Waals surface area contributed by atoms with Crippen molar-refractivity contribution in [3.63, 3.8) is 0 Å². The SMILES string of the molecule is CC(C)(C)c1ccc(NC(=O)CN2CCN(c3ccccn3)CC2)cc1. The average Bonchev–Trinajstić information content (AvgIpc) is 2.63. The lowest BCUT2D eigenvalue weighted by atomic mass is 9.87. The third-order valence-electron chi connectivity index (χ3n) is 4.75. The van der Waals surface area contributed by atoms with Gasteiger partial charge in [0, 0.05) is 38.1 Å². The zero-order valence-corrected chi connectivity index (χ0v) is 15.9. The van der Waals surface area contributed by atoms with Crippen molar-refractivity contribution in [1.82, 2.24) is 9.88 Å². The third-order valence-corrected chi connectivity index (χ3v) is 4.75. The molecular formula is C21H28N4O. The first kappa shape index (κ1) is 18.4. The molecule has 138 valence electrons. The van der Waals surface area contributed by atoms with Crippen molar-refractivity contribution in [2.45, 2.75) is 26.2 Å². The zero-order chi connectivity index (χ0) is 18.6. The Morgan fingerprint density at radius 1 is 1.04 bits per heavy atom. The van der Waals surface area contributed by atoms with Crippen LogP contribution in [0.2, 0.25) is 0 Å². The van der Waals surface area contributed by atoms with E-state index in [1.165, 1.54) is 5.56 Å². The van der Waals surface area contributed by atoms with Crippen LogP contribution in [0.3, 0.4) is 0 Å². The molecule has 5 nitrogen and oxygen atoms in total. The van der Waals surface area contributed by atoms with Crippen LogP contribution < -0.4 is 10.2 Å². The number of hydrogen-bond donors (Lipinski definition) is 1. The minimum atomic E-state index is 0.0415. The second-order valence-electron chi connectivity index (χ2n) is 7.83. The second-order valence-corrected chi connectivity index (χ2v) is 7.83. The van der Waals surface area contributed by atoms with Gasteiger partial charge in [0.1, 0.15) is 5.82 Å². The molecule has 26 heavy (non-hydrogen) atoms. The molecule has 0 saturated carbocycles. The van der Waals surface area contributed by atoms with Crippen molar-refractivity contribution < 1.29 is 4.79 Å². The lowest BCUT2D eigenvalue weighted by molar-refractivity contribution is -0.117. The highest BCUT2D eigenvalue weighted by molar-refractivity contribution is 5.92. The fraction of sp³-hybridized carbons (Fsp3) is 0.429. The number of anilines is 2. The third kappa shape index (κ3) is 4.82. The van der Waals surface area contributed by atoms with E-state index in [0.717, 1.165) is 37.7 Å². The molecule has 0 atom stereocenters. The Morgan fingerprint density at radius 3 is 2.31 bits per heavy atom. The molecule has 5 heteroatoms. The number of carbonyl (C=O) groups is 1. The molecule has 3 rings (SSSR count). The van der Waals surface area contributed by atoms with E-state index in [-0.39, 0.29) is 11.3 Å². The zero-order valence-electron chi connectivity index (χ0n) is 15.9. The second kappa shape index (κ2) is 7.87. The Balaban J connectivity index is 1.47. The summed E-state index contributed by atoms with van der Waals surface area (Å²) >= 11 is 0. The summed E-state index contributed by atoms with van der Waals surface area (Å²) in [5.74, 6) is 1.05. The summed E-state index contributed by atoms with van der Waals surface area (Å²) < 4.78 is 0. The van der Waals surface area contributed by atoms with Gasteiger partial charge in [-0.3, -0.25) is 9.69 Å². The Hall–Kier alpha value is -2.40. The molecule has 1 aromatic heterocycles.